The molecule has 1 N–H and O–H groups in total. The van der Waals surface area contributed by atoms with Crippen molar-refractivity contribution in [3.05, 3.63) is 71.9 Å². The fourth-order valence-corrected chi connectivity index (χ4v) is 2.47. The average molecular weight is 291 g/mol. The maximum atomic E-state index is 11.8. The Balaban J connectivity index is 1.67. The van der Waals surface area contributed by atoms with E-state index in [9.17, 15) is 4.79 Å². The molecule has 0 aliphatic rings. The third-order valence-electron chi connectivity index (χ3n) is 3.53. The molecule has 0 atom stereocenters. The van der Waals surface area contributed by atoms with Gasteiger partial charge in [-0.3, -0.25) is 4.79 Å². The lowest BCUT2D eigenvalue weighted by molar-refractivity contribution is -0.120. The number of carbonyl (C=O) groups excluding carboxylic acids is 1. The molecule has 4 heteroatoms. The second-order valence-corrected chi connectivity index (χ2v) is 5.17. The van der Waals surface area contributed by atoms with Gasteiger partial charge in [-0.25, -0.2) is 5.43 Å². The molecule has 1 aromatic heterocycles. The van der Waals surface area contributed by atoms with Crippen LogP contribution in [0.5, 0.6) is 0 Å². The van der Waals surface area contributed by atoms with Crippen molar-refractivity contribution in [3.8, 4) is 0 Å². The van der Waals surface area contributed by atoms with E-state index in [-0.39, 0.29) is 5.91 Å². The van der Waals surface area contributed by atoms with Crippen LogP contribution in [0.15, 0.2) is 65.9 Å². The minimum Gasteiger partial charge on any atom is -0.350 e. The van der Waals surface area contributed by atoms with Gasteiger partial charge in [-0.2, -0.15) is 5.10 Å². The molecule has 0 radical (unpaired) electrons. The summed E-state index contributed by atoms with van der Waals surface area (Å²) in [7, 11) is 1.99. The number of hydrogen-bond donors (Lipinski definition) is 1. The van der Waals surface area contributed by atoms with Crippen LogP contribution in [0.3, 0.4) is 0 Å². The lowest BCUT2D eigenvalue weighted by Gasteiger charge is -1.99. The monoisotopic (exact) mass is 291 g/mol. The molecule has 3 aromatic rings. The van der Waals surface area contributed by atoms with E-state index in [2.05, 4.69) is 16.6 Å². The zero-order valence-corrected chi connectivity index (χ0v) is 12.4. The summed E-state index contributed by atoms with van der Waals surface area (Å²) in [5.74, 6) is -0.123. The Bertz CT molecular complexity index is 819. The molecule has 4 nitrogen and oxygen atoms in total. The van der Waals surface area contributed by atoms with Crippen LogP contribution >= 0.6 is 0 Å². The zero-order valence-electron chi connectivity index (χ0n) is 12.4. The Morgan fingerprint density at radius 1 is 1.14 bits per heavy atom. The van der Waals surface area contributed by atoms with Crippen LogP contribution in [-0.2, 0) is 18.3 Å². The quantitative estimate of drug-likeness (QED) is 0.583. The number of hydrogen-bond acceptors (Lipinski definition) is 2. The van der Waals surface area contributed by atoms with Crippen LogP contribution < -0.4 is 5.43 Å². The Hall–Kier alpha value is -2.88. The van der Waals surface area contributed by atoms with Gasteiger partial charge in [0.15, 0.2) is 0 Å². The third kappa shape index (κ3) is 3.06. The molecule has 110 valence electrons. The van der Waals surface area contributed by atoms with E-state index in [0.717, 1.165) is 22.0 Å². The normalized spacial score (nSPS) is 11.1. The first-order valence-electron chi connectivity index (χ1n) is 7.14. The SMILES string of the molecule is Cn1cc(C=NNC(=O)Cc2ccccc2)c2ccccc21. The number of carbonyl (C=O) groups is 1. The summed E-state index contributed by atoms with van der Waals surface area (Å²) < 4.78 is 2.04. The summed E-state index contributed by atoms with van der Waals surface area (Å²) in [6.45, 7) is 0. The van der Waals surface area contributed by atoms with Crippen molar-refractivity contribution in [2.45, 2.75) is 6.42 Å². The summed E-state index contributed by atoms with van der Waals surface area (Å²) in [6.07, 6.45) is 4.01. The average Bonchev–Trinajstić information content (AvgIpc) is 2.85. The number of para-hydroxylation sites is 1. The minimum absolute atomic E-state index is 0.123. The van der Waals surface area contributed by atoms with Gasteiger partial charge in [0.25, 0.3) is 0 Å². The van der Waals surface area contributed by atoms with Crippen LogP contribution in [0, 0.1) is 0 Å². The molecule has 0 bridgehead atoms. The van der Waals surface area contributed by atoms with Crippen molar-refractivity contribution >= 4 is 23.0 Å². The van der Waals surface area contributed by atoms with E-state index < -0.39 is 0 Å². The molecule has 0 aliphatic heterocycles. The van der Waals surface area contributed by atoms with Crippen LogP contribution in [-0.4, -0.2) is 16.7 Å². The molecule has 2 aromatic carbocycles. The van der Waals surface area contributed by atoms with Gasteiger partial charge < -0.3 is 4.57 Å². The van der Waals surface area contributed by atoms with E-state index in [0.29, 0.717) is 6.42 Å². The highest BCUT2D eigenvalue weighted by molar-refractivity contribution is 5.99. The van der Waals surface area contributed by atoms with E-state index in [1.54, 1.807) is 6.21 Å². The van der Waals surface area contributed by atoms with E-state index in [4.69, 9.17) is 0 Å². The number of aromatic nitrogens is 1. The molecule has 0 saturated heterocycles. The number of hydrazone groups is 1. The first-order chi connectivity index (χ1) is 10.7. The van der Waals surface area contributed by atoms with Crippen LogP contribution in [0.1, 0.15) is 11.1 Å². The summed E-state index contributed by atoms with van der Waals surface area (Å²) >= 11 is 0. The lowest BCUT2D eigenvalue weighted by Crippen LogP contribution is -2.19. The number of benzene rings is 2. The molecular weight excluding hydrogens is 274 g/mol. The summed E-state index contributed by atoms with van der Waals surface area (Å²) in [4.78, 5) is 11.8. The number of fused-ring (bicyclic) bond motifs is 1. The van der Waals surface area contributed by atoms with Crippen molar-refractivity contribution in [2.24, 2.45) is 12.1 Å². The highest BCUT2D eigenvalue weighted by Gasteiger charge is 2.04. The second kappa shape index (κ2) is 6.26. The van der Waals surface area contributed by atoms with Gasteiger partial charge in [0, 0.05) is 29.7 Å². The van der Waals surface area contributed by atoms with Gasteiger partial charge in [-0.05, 0) is 11.6 Å². The Morgan fingerprint density at radius 2 is 1.86 bits per heavy atom. The van der Waals surface area contributed by atoms with Crippen molar-refractivity contribution in [3.63, 3.8) is 0 Å². The topological polar surface area (TPSA) is 46.4 Å². The maximum absolute atomic E-state index is 11.8. The number of rotatable bonds is 4. The number of nitrogens with zero attached hydrogens (tertiary/aromatic N) is 2. The molecule has 22 heavy (non-hydrogen) atoms. The second-order valence-electron chi connectivity index (χ2n) is 5.17. The number of nitrogens with one attached hydrogen (secondary N) is 1. The minimum atomic E-state index is -0.123. The molecule has 1 amide bonds. The Kier molecular flexibility index (Phi) is 4.01. The molecule has 0 aliphatic carbocycles. The van der Waals surface area contributed by atoms with E-state index in [1.165, 1.54) is 0 Å². The van der Waals surface area contributed by atoms with Gasteiger partial charge in [0.1, 0.15) is 0 Å². The molecule has 0 spiro atoms. The lowest BCUT2D eigenvalue weighted by atomic mass is 10.1. The fourth-order valence-electron chi connectivity index (χ4n) is 2.47. The number of amides is 1. The van der Waals surface area contributed by atoms with Crippen LogP contribution in [0.2, 0.25) is 0 Å². The maximum Gasteiger partial charge on any atom is 0.244 e. The van der Waals surface area contributed by atoms with Crippen molar-refractivity contribution in [1.29, 1.82) is 0 Å². The largest absolute Gasteiger partial charge is 0.350 e. The van der Waals surface area contributed by atoms with Gasteiger partial charge in [-0.1, -0.05) is 48.5 Å². The Morgan fingerprint density at radius 3 is 2.68 bits per heavy atom. The molecular formula is C18H17N3O. The van der Waals surface area contributed by atoms with Gasteiger partial charge in [0.2, 0.25) is 5.91 Å². The van der Waals surface area contributed by atoms with E-state index in [1.807, 2.05) is 66.3 Å². The first kappa shape index (κ1) is 14.1. The van der Waals surface area contributed by atoms with Crippen LogP contribution in [0.4, 0.5) is 0 Å². The van der Waals surface area contributed by atoms with Crippen molar-refractivity contribution in [2.75, 3.05) is 0 Å². The highest BCUT2D eigenvalue weighted by atomic mass is 16.2. The Labute approximate surface area is 129 Å². The predicted molar refractivity (Wildman–Crippen MR) is 88.8 cm³/mol. The first-order valence-corrected chi connectivity index (χ1v) is 7.14. The fraction of sp³-hybridized carbons (Fsp3) is 0.111. The predicted octanol–water partition coefficient (Wildman–Crippen LogP) is 2.87. The summed E-state index contributed by atoms with van der Waals surface area (Å²) in [5, 5.41) is 5.18. The van der Waals surface area contributed by atoms with E-state index >= 15 is 0 Å². The zero-order chi connectivity index (χ0) is 15.4. The summed E-state index contributed by atoms with van der Waals surface area (Å²) in [5.41, 5.74) is 5.67. The van der Waals surface area contributed by atoms with Crippen LogP contribution in [0.25, 0.3) is 10.9 Å². The van der Waals surface area contributed by atoms with Gasteiger partial charge >= 0.3 is 0 Å². The molecule has 1 heterocycles. The van der Waals surface area contributed by atoms with Gasteiger partial charge in [-0.15, -0.1) is 0 Å². The highest BCUT2D eigenvalue weighted by Crippen LogP contribution is 2.18. The molecule has 0 fully saturated rings. The summed E-state index contributed by atoms with van der Waals surface area (Å²) in [6, 6.07) is 17.7. The molecule has 0 unspecified atom stereocenters. The standard InChI is InChI=1S/C18H17N3O/c1-21-13-15(16-9-5-6-10-17(16)21)12-19-20-18(22)11-14-7-3-2-4-8-14/h2-10,12-13H,11H2,1H3,(H,20,22). The molecule has 0 saturated carbocycles. The smallest absolute Gasteiger partial charge is 0.244 e. The van der Waals surface area contributed by atoms with Crippen molar-refractivity contribution < 1.29 is 4.79 Å². The van der Waals surface area contributed by atoms with Crippen molar-refractivity contribution in [1.82, 2.24) is 9.99 Å². The number of aryl methyl sites for hydroxylation is 1. The third-order valence-corrected chi connectivity index (χ3v) is 3.53. The molecule has 3 rings (SSSR count). The van der Waals surface area contributed by atoms with Gasteiger partial charge in [0.05, 0.1) is 12.6 Å².